The van der Waals surface area contributed by atoms with Gasteiger partial charge in [-0.2, -0.15) is 0 Å². The number of rotatable bonds is 3. The van der Waals surface area contributed by atoms with E-state index in [0.717, 1.165) is 27.2 Å². The number of fused-ring (bicyclic) bond motifs is 1. The van der Waals surface area contributed by atoms with Gasteiger partial charge in [0.25, 0.3) is 0 Å². The van der Waals surface area contributed by atoms with Gasteiger partial charge < -0.3 is 10.1 Å². The first-order valence-corrected chi connectivity index (χ1v) is 8.23. The number of thiophene rings is 1. The average Bonchev–Trinajstić information content (AvgIpc) is 2.85. The van der Waals surface area contributed by atoms with Crippen LogP contribution in [0.25, 0.3) is 0 Å². The number of benzene rings is 1. The summed E-state index contributed by atoms with van der Waals surface area (Å²) >= 11 is 5.14. The van der Waals surface area contributed by atoms with Crippen LogP contribution in [0.3, 0.4) is 0 Å². The molecule has 2 unspecified atom stereocenters. The van der Waals surface area contributed by atoms with Crippen LogP contribution in [0.4, 0.5) is 4.39 Å². The Hall–Kier alpha value is -0.910. The Labute approximate surface area is 130 Å². The van der Waals surface area contributed by atoms with E-state index >= 15 is 0 Å². The summed E-state index contributed by atoms with van der Waals surface area (Å²) in [6, 6.07) is 9.08. The van der Waals surface area contributed by atoms with Crippen LogP contribution >= 0.6 is 27.3 Å². The zero-order valence-electron chi connectivity index (χ0n) is 11.0. The van der Waals surface area contributed by atoms with Crippen LogP contribution < -0.4 is 10.1 Å². The molecule has 2 heterocycles. The SMILES string of the molecule is CCNC1CC(c2ccc(Br)s2)Oc2cc(F)ccc21. The summed E-state index contributed by atoms with van der Waals surface area (Å²) in [6.45, 7) is 2.96. The van der Waals surface area contributed by atoms with Gasteiger partial charge in [-0.1, -0.05) is 13.0 Å². The van der Waals surface area contributed by atoms with Crippen LogP contribution in [0.1, 0.15) is 35.9 Å². The molecule has 3 rings (SSSR count). The van der Waals surface area contributed by atoms with Gasteiger partial charge in [-0.25, -0.2) is 4.39 Å². The van der Waals surface area contributed by atoms with E-state index < -0.39 is 0 Å². The van der Waals surface area contributed by atoms with Crippen molar-refractivity contribution in [2.45, 2.75) is 25.5 Å². The highest BCUT2D eigenvalue weighted by Crippen LogP contribution is 2.43. The van der Waals surface area contributed by atoms with E-state index in [2.05, 4.69) is 34.2 Å². The number of hydrogen-bond donors (Lipinski definition) is 1. The lowest BCUT2D eigenvalue weighted by atomic mass is 9.95. The summed E-state index contributed by atoms with van der Waals surface area (Å²) in [5.41, 5.74) is 1.04. The molecular formula is C15H15BrFNOS. The fraction of sp³-hybridized carbons (Fsp3) is 0.333. The molecule has 20 heavy (non-hydrogen) atoms. The molecule has 0 fully saturated rings. The van der Waals surface area contributed by atoms with Gasteiger partial charge in [0.05, 0.1) is 3.79 Å². The summed E-state index contributed by atoms with van der Waals surface area (Å²) < 4.78 is 20.5. The van der Waals surface area contributed by atoms with Gasteiger partial charge in [-0.05, 0) is 40.7 Å². The monoisotopic (exact) mass is 355 g/mol. The zero-order valence-corrected chi connectivity index (χ0v) is 13.4. The summed E-state index contributed by atoms with van der Waals surface area (Å²) in [7, 11) is 0. The lowest BCUT2D eigenvalue weighted by Gasteiger charge is -2.32. The lowest BCUT2D eigenvalue weighted by molar-refractivity contribution is 0.154. The van der Waals surface area contributed by atoms with Crippen molar-refractivity contribution in [3.05, 3.63) is 50.4 Å². The molecule has 106 valence electrons. The number of ether oxygens (including phenoxy) is 1. The van der Waals surface area contributed by atoms with Crippen LogP contribution in [0, 0.1) is 5.82 Å². The highest BCUT2D eigenvalue weighted by atomic mass is 79.9. The number of hydrogen-bond acceptors (Lipinski definition) is 3. The van der Waals surface area contributed by atoms with Crippen molar-refractivity contribution in [1.29, 1.82) is 0 Å². The van der Waals surface area contributed by atoms with Gasteiger partial charge >= 0.3 is 0 Å². The van der Waals surface area contributed by atoms with Crippen molar-refractivity contribution in [2.24, 2.45) is 0 Å². The molecule has 2 atom stereocenters. The first-order valence-electron chi connectivity index (χ1n) is 6.62. The molecule has 5 heteroatoms. The van der Waals surface area contributed by atoms with Crippen LogP contribution in [0.15, 0.2) is 34.1 Å². The molecule has 0 amide bonds. The van der Waals surface area contributed by atoms with Crippen LogP contribution in [0.5, 0.6) is 5.75 Å². The van der Waals surface area contributed by atoms with E-state index in [0.29, 0.717) is 5.75 Å². The van der Waals surface area contributed by atoms with Crippen LogP contribution in [-0.4, -0.2) is 6.54 Å². The molecule has 2 aromatic rings. The molecule has 1 N–H and O–H groups in total. The highest BCUT2D eigenvalue weighted by Gasteiger charge is 2.29. The third kappa shape index (κ3) is 2.75. The van der Waals surface area contributed by atoms with Gasteiger partial charge in [0, 0.05) is 29.0 Å². The molecule has 0 radical (unpaired) electrons. The van der Waals surface area contributed by atoms with Gasteiger partial charge in [0.2, 0.25) is 0 Å². The summed E-state index contributed by atoms with van der Waals surface area (Å²) in [6.07, 6.45) is 0.837. The second-order valence-corrected chi connectivity index (χ2v) is 7.27. The number of nitrogens with one attached hydrogen (secondary N) is 1. The van der Waals surface area contributed by atoms with Crippen molar-refractivity contribution in [2.75, 3.05) is 6.54 Å². The topological polar surface area (TPSA) is 21.3 Å². The van der Waals surface area contributed by atoms with E-state index in [4.69, 9.17) is 4.74 Å². The normalized spacial score (nSPS) is 21.4. The molecular weight excluding hydrogens is 341 g/mol. The maximum absolute atomic E-state index is 13.4. The third-order valence-electron chi connectivity index (χ3n) is 3.43. The quantitative estimate of drug-likeness (QED) is 0.851. The minimum Gasteiger partial charge on any atom is -0.484 e. The molecule has 2 nitrogen and oxygen atoms in total. The van der Waals surface area contributed by atoms with Gasteiger partial charge in [0.15, 0.2) is 0 Å². The maximum atomic E-state index is 13.4. The van der Waals surface area contributed by atoms with Crippen LogP contribution in [-0.2, 0) is 0 Å². The van der Waals surface area contributed by atoms with Crippen molar-refractivity contribution >= 4 is 27.3 Å². The molecule has 0 saturated heterocycles. The molecule has 0 bridgehead atoms. The Kier molecular flexibility index (Phi) is 4.10. The fourth-order valence-electron chi connectivity index (χ4n) is 2.56. The van der Waals surface area contributed by atoms with Crippen LogP contribution in [0.2, 0.25) is 0 Å². The lowest BCUT2D eigenvalue weighted by Crippen LogP contribution is -2.28. The minimum absolute atomic E-state index is 0.0235. The molecule has 0 spiro atoms. The summed E-state index contributed by atoms with van der Waals surface area (Å²) in [4.78, 5) is 1.16. The maximum Gasteiger partial charge on any atom is 0.135 e. The van der Waals surface area contributed by atoms with Crippen molar-refractivity contribution < 1.29 is 9.13 Å². The molecule has 0 saturated carbocycles. The predicted octanol–water partition coefficient (Wildman–Crippen LogP) is 4.82. The summed E-state index contributed by atoms with van der Waals surface area (Å²) in [5.74, 6) is 0.392. The van der Waals surface area contributed by atoms with E-state index in [-0.39, 0.29) is 18.0 Å². The van der Waals surface area contributed by atoms with E-state index in [1.165, 1.54) is 12.1 Å². The van der Waals surface area contributed by atoms with Crippen molar-refractivity contribution in [3.63, 3.8) is 0 Å². The van der Waals surface area contributed by atoms with Crippen molar-refractivity contribution in [1.82, 2.24) is 5.32 Å². The van der Waals surface area contributed by atoms with Gasteiger partial charge in [-0.3, -0.25) is 0 Å². The Balaban J connectivity index is 1.94. The van der Waals surface area contributed by atoms with E-state index in [9.17, 15) is 4.39 Å². The molecule has 1 aliphatic rings. The van der Waals surface area contributed by atoms with Gasteiger partial charge in [0.1, 0.15) is 17.7 Å². The third-order valence-corrected chi connectivity index (χ3v) is 5.15. The Morgan fingerprint density at radius 1 is 1.40 bits per heavy atom. The first kappa shape index (κ1) is 14.0. The smallest absolute Gasteiger partial charge is 0.135 e. The van der Waals surface area contributed by atoms with E-state index in [1.54, 1.807) is 11.3 Å². The van der Waals surface area contributed by atoms with E-state index in [1.807, 2.05) is 12.1 Å². The molecule has 0 aliphatic carbocycles. The fourth-order valence-corrected chi connectivity index (χ4v) is 4.02. The Morgan fingerprint density at radius 3 is 2.95 bits per heavy atom. The highest BCUT2D eigenvalue weighted by molar-refractivity contribution is 9.11. The Morgan fingerprint density at radius 2 is 2.25 bits per heavy atom. The Bertz CT molecular complexity index is 616. The second-order valence-electron chi connectivity index (χ2n) is 4.78. The predicted molar refractivity (Wildman–Crippen MR) is 82.8 cm³/mol. The van der Waals surface area contributed by atoms with Gasteiger partial charge in [-0.15, -0.1) is 11.3 Å². The standard InChI is InChI=1S/C15H15BrFNOS/c1-2-18-11-8-13(14-5-6-15(16)20-14)19-12-7-9(17)3-4-10(11)12/h3-7,11,13,18H,2,8H2,1H3. The zero-order chi connectivity index (χ0) is 14.1. The number of halogens is 2. The molecule has 1 aliphatic heterocycles. The second kappa shape index (κ2) is 5.84. The first-order chi connectivity index (χ1) is 9.67. The minimum atomic E-state index is -0.257. The molecule has 1 aromatic carbocycles. The van der Waals surface area contributed by atoms with Crippen molar-refractivity contribution in [3.8, 4) is 5.75 Å². The average molecular weight is 356 g/mol. The summed E-state index contributed by atoms with van der Waals surface area (Å²) in [5, 5.41) is 3.46. The largest absolute Gasteiger partial charge is 0.484 e. The molecule has 1 aromatic heterocycles.